The highest BCUT2D eigenvalue weighted by Gasteiger charge is 2.16. The fraction of sp³-hybridized carbons (Fsp3) is 0.368. The number of halogens is 1. The number of hydrogen-bond donors (Lipinski definition) is 1. The lowest BCUT2D eigenvalue weighted by Gasteiger charge is -2.09. The van der Waals surface area contributed by atoms with Crippen molar-refractivity contribution in [3.63, 3.8) is 0 Å². The molecule has 0 fully saturated rings. The first-order valence-corrected chi connectivity index (χ1v) is 8.96. The van der Waals surface area contributed by atoms with Crippen LogP contribution in [0.4, 0.5) is 5.88 Å². The number of furan rings is 1. The van der Waals surface area contributed by atoms with Crippen LogP contribution < -0.4 is 10.1 Å². The molecule has 0 unspecified atom stereocenters. The zero-order chi connectivity index (χ0) is 18.4. The number of benzene rings is 1. The van der Waals surface area contributed by atoms with Crippen molar-refractivity contribution in [3.8, 4) is 11.8 Å². The van der Waals surface area contributed by atoms with Gasteiger partial charge in [-0.3, -0.25) is 10.1 Å². The molecule has 5 nitrogen and oxygen atoms in total. The number of anilines is 1. The van der Waals surface area contributed by atoms with E-state index < -0.39 is 0 Å². The normalized spacial score (nSPS) is 10.4. The summed E-state index contributed by atoms with van der Waals surface area (Å²) in [6.45, 7) is 6.09. The monoisotopic (exact) mass is 404 g/mol. The molecule has 0 aliphatic heterocycles. The molecule has 1 aromatic heterocycles. The first-order valence-electron chi connectivity index (χ1n) is 8.17. The molecular weight excluding hydrogens is 384 g/mol. The van der Waals surface area contributed by atoms with Crippen molar-refractivity contribution in [2.24, 2.45) is 0 Å². The lowest BCUT2D eigenvalue weighted by Crippen LogP contribution is -2.13. The maximum absolute atomic E-state index is 12.0. The number of carbonyl (C=O) groups excluding carboxylic acids is 1. The lowest BCUT2D eigenvalue weighted by atomic mass is 10.2. The SMILES string of the molecule is CCc1ccc(OCCCC(=O)Nc2oc(C)c(C)c2C#N)c(Br)c1. The molecule has 0 bridgehead atoms. The fourth-order valence-electron chi connectivity index (χ4n) is 2.33. The van der Waals surface area contributed by atoms with Crippen LogP contribution in [0.25, 0.3) is 0 Å². The van der Waals surface area contributed by atoms with E-state index in [1.807, 2.05) is 18.2 Å². The molecule has 2 aromatic rings. The molecule has 0 spiro atoms. The molecule has 1 heterocycles. The minimum Gasteiger partial charge on any atom is -0.492 e. The lowest BCUT2D eigenvalue weighted by molar-refractivity contribution is -0.116. The van der Waals surface area contributed by atoms with Crippen molar-refractivity contribution in [3.05, 3.63) is 45.1 Å². The Morgan fingerprint density at radius 3 is 2.80 bits per heavy atom. The number of ether oxygens (including phenoxy) is 1. The van der Waals surface area contributed by atoms with E-state index in [9.17, 15) is 4.79 Å². The molecule has 2 rings (SSSR count). The third-order valence-electron chi connectivity index (χ3n) is 3.96. The Morgan fingerprint density at radius 2 is 2.16 bits per heavy atom. The van der Waals surface area contributed by atoms with Crippen LogP contribution in [-0.4, -0.2) is 12.5 Å². The predicted molar refractivity (Wildman–Crippen MR) is 99.8 cm³/mol. The highest BCUT2D eigenvalue weighted by molar-refractivity contribution is 9.10. The van der Waals surface area contributed by atoms with Crippen LogP contribution >= 0.6 is 15.9 Å². The van der Waals surface area contributed by atoms with Gasteiger partial charge in [-0.25, -0.2) is 0 Å². The summed E-state index contributed by atoms with van der Waals surface area (Å²) in [4.78, 5) is 12.0. The molecule has 6 heteroatoms. The van der Waals surface area contributed by atoms with Gasteiger partial charge in [0, 0.05) is 12.0 Å². The molecule has 0 saturated carbocycles. The zero-order valence-electron chi connectivity index (χ0n) is 14.6. The quantitative estimate of drug-likeness (QED) is 0.666. The fourth-order valence-corrected chi connectivity index (χ4v) is 2.88. The summed E-state index contributed by atoms with van der Waals surface area (Å²) in [6, 6.07) is 8.04. The van der Waals surface area contributed by atoms with Crippen LogP contribution in [0.15, 0.2) is 27.1 Å². The van der Waals surface area contributed by atoms with E-state index in [0.29, 0.717) is 24.4 Å². The number of nitriles is 1. The van der Waals surface area contributed by atoms with Crippen molar-refractivity contribution in [1.82, 2.24) is 0 Å². The Hall–Kier alpha value is -2.26. The average Bonchev–Trinajstić information content (AvgIpc) is 2.85. The van der Waals surface area contributed by atoms with Gasteiger partial charge in [-0.2, -0.15) is 5.26 Å². The number of carbonyl (C=O) groups is 1. The van der Waals surface area contributed by atoms with Crippen LogP contribution in [0, 0.1) is 25.2 Å². The van der Waals surface area contributed by atoms with Gasteiger partial charge in [-0.15, -0.1) is 0 Å². The van der Waals surface area contributed by atoms with E-state index in [1.165, 1.54) is 5.56 Å². The Balaban J connectivity index is 1.81. The maximum Gasteiger partial charge on any atom is 0.226 e. The summed E-state index contributed by atoms with van der Waals surface area (Å²) in [7, 11) is 0. The maximum atomic E-state index is 12.0. The first kappa shape index (κ1) is 19.1. The topological polar surface area (TPSA) is 75.3 Å². The van der Waals surface area contributed by atoms with E-state index in [0.717, 1.165) is 22.2 Å². The number of nitrogens with one attached hydrogen (secondary N) is 1. The minimum atomic E-state index is -0.200. The summed E-state index contributed by atoms with van der Waals surface area (Å²) in [5, 5.41) is 11.8. The minimum absolute atomic E-state index is 0.200. The Kier molecular flexibility index (Phi) is 6.65. The number of amides is 1. The molecule has 1 amide bonds. The summed E-state index contributed by atoms with van der Waals surface area (Å²) in [5.41, 5.74) is 2.36. The van der Waals surface area contributed by atoms with Gasteiger partial charge in [-0.05, 0) is 60.3 Å². The molecule has 0 saturated heterocycles. The smallest absolute Gasteiger partial charge is 0.226 e. The van der Waals surface area contributed by atoms with Gasteiger partial charge in [-0.1, -0.05) is 13.0 Å². The zero-order valence-corrected chi connectivity index (χ0v) is 16.2. The van der Waals surface area contributed by atoms with Gasteiger partial charge >= 0.3 is 0 Å². The molecule has 0 aliphatic carbocycles. The second kappa shape index (κ2) is 8.72. The molecule has 132 valence electrons. The Morgan fingerprint density at radius 1 is 1.40 bits per heavy atom. The van der Waals surface area contributed by atoms with Crippen molar-refractivity contribution >= 4 is 27.7 Å². The van der Waals surface area contributed by atoms with Crippen LogP contribution in [0.1, 0.15) is 42.2 Å². The Bertz CT molecular complexity index is 806. The third kappa shape index (κ3) is 4.86. The van der Waals surface area contributed by atoms with E-state index in [-0.39, 0.29) is 18.2 Å². The highest BCUT2D eigenvalue weighted by Crippen LogP contribution is 2.27. The molecule has 1 N–H and O–H groups in total. The number of nitrogens with zero attached hydrogens (tertiary/aromatic N) is 1. The van der Waals surface area contributed by atoms with Gasteiger partial charge < -0.3 is 9.15 Å². The van der Waals surface area contributed by atoms with Gasteiger partial charge in [0.1, 0.15) is 23.1 Å². The Labute approximate surface area is 156 Å². The van der Waals surface area contributed by atoms with Gasteiger partial charge in [0.15, 0.2) is 0 Å². The molecule has 0 radical (unpaired) electrons. The summed E-state index contributed by atoms with van der Waals surface area (Å²) < 4.78 is 12.0. The van der Waals surface area contributed by atoms with Gasteiger partial charge in [0.25, 0.3) is 0 Å². The summed E-state index contributed by atoms with van der Waals surface area (Å²) in [6.07, 6.45) is 1.82. The van der Waals surface area contributed by atoms with Crippen LogP contribution in [0.5, 0.6) is 5.75 Å². The molecule has 25 heavy (non-hydrogen) atoms. The van der Waals surface area contributed by atoms with Crippen LogP contribution in [0.3, 0.4) is 0 Å². The van der Waals surface area contributed by atoms with E-state index in [2.05, 4.69) is 34.2 Å². The van der Waals surface area contributed by atoms with E-state index in [4.69, 9.17) is 14.4 Å². The first-order chi connectivity index (χ1) is 12.0. The van der Waals surface area contributed by atoms with Crippen LogP contribution in [0.2, 0.25) is 0 Å². The number of aryl methyl sites for hydroxylation is 2. The van der Waals surface area contributed by atoms with E-state index >= 15 is 0 Å². The van der Waals surface area contributed by atoms with Crippen LogP contribution in [-0.2, 0) is 11.2 Å². The number of rotatable bonds is 7. The van der Waals surface area contributed by atoms with Crippen molar-refractivity contribution in [1.29, 1.82) is 5.26 Å². The predicted octanol–water partition coefficient (Wildman–Crippen LogP) is 4.89. The number of hydrogen-bond acceptors (Lipinski definition) is 4. The highest BCUT2D eigenvalue weighted by atomic mass is 79.9. The van der Waals surface area contributed by atoms with Crippen molar-refractivity contribution < 1.29 is 13.9 Å². The van der Waals surface area contributed by atoms with Gasteiger partial charge in [0.2, 0.25) is 11.8 Å². The molecule has 0 atom stereocenters. The van der Waals surface area contributed by atoms with Crippen molar-refractivity contribution in [2.45, 2.75) is 40.0 Å². The average molecular weight is 405 g/mol. The van der Waals surface area contributed by atoms with E-state index in [1.54, 1.807) is 13.8 Å². The second-order valence-corrected chi connectivity index (χ2v) is 6.57. The summed E-state index contributed by atoms with van der Waals surface area (Å²) >= 11 is 3.49. The standard InChI is InChI=1S/C19H21BrN2O3/c1-4-14-7-8-17(16(20)10-14)24-9-5-6-18(23)22-19-15(11-21)12(2)13(3)25-19/h7-8,10H,4-6,9H2,1-3H3,(H,22,23). The largest absolute Gasteiger partial charge is 0.492 e. The molecular formula is C19H21BrN2O3. The second-order valence-electron chi connectivity index (χ2n) is 5.72. The molecule has 0 aliphatic rings. The van der Waals surface area contributed by atoms with Crippen molar-refractivity contribution in [2.75, 3.05) is 11.9 Å². The summed E-state index contributed by atoms with van der Waals surface area (Å²) in [5.74, 6) is 1.42. The third-order valence-corrected chi connectivity index (χ3v) is 4.58. The van der Waals surface area contributed by atoms with Gasteiger partial charge in [0.05, 0.1) is 11.1 Å². The molecule has 1 aromatic carbocycles.